The van der Waals surface area contributed by atoms with Crippen LogP contribution in [0.4, 0.5) is 0 Å². The fraction of sp³-hybridized carbons (Fsp3) is 0.200. The molecule has 0 aliphatic heterocycles. The standard InChI is InChI=1S/C20H20N2O4S/c1-13-5-7-17(11-15(13)3)19(23)21-9-10-22(20(21)24)27(25,26)18-8-6-14(2)16(4)12-18/h5-12H,1-4H3. The lowest BCUT2D eigenvalue weighted by Gasteiger charge is -2.07. The Morgan fingerprint density at radius 1 is 0.815 bits per heavy atom. The molecule has 0 fully saturated rings. The first kappa shape index (κ1) is 18.8. The molecule has 27 heavy (non-hydrogen) atoms. The van der Waals surface area contributed by atoms with Crippen molar-refractivity contribution < 1.29 is 13.2 Å². The highest BCUT2D eigenvalue weighted by molar-refractivity contribution is 7.90. The lowest BCUT2D eigenvalue weighted by atomic mass is 10.1. The lowest BCUT2D eigenvalue weighted by Crippen LogP contribution is -2.32. The highest BCUT2D eigenvalue weighted by Gasteiger charge is 2.23. The number of hydrogen-bond donors (Lipinski definition) is 0. The van der Waals surface area contributed by atoms with E-state index in [1.54, 1.807) is 31.2 Å². The average Bonchev–Trinajstić information content (AvgIpc) is 3.01. The molecule has 3 aromatic rings. The third-order valence-electron chi connectivity index (χ3n) is 4.75. The van der Waals surface area contributed by atoms with Gasteiger partial charge in [-0.2, -0.15) is 3.97 Å². The number of carbonyl (C=O) groups is 1. The van der Waals surface area contributed by atoms with Gasteiger partial charge in [0.25, 0.3) is 15.9 Å². The molecule has 0 spiro atoms. The van der Waals surface area contributed by atoms with Crippen molar-refractivity contribution in [2.75, 3.05) is 0 Å². The number of imidazole rings is 1. The maximum atomic E-state index is 12.8. The third kappa shape index (κ3) is 3.26. The summed E-state index contributed by atoms with van der Waals surface area (Å²) in [6.07, 6.45) is 2.28. The molecule has 0 amide bonds. The number of nitrogens with zero attached hydrogens (tertiary/aromatic N) is 2. The van der Waals surface area contributed by atoms with Crippen molar-refractivity contribution >= 4 is 15.9 Å². The van der Waals surface area contributed by atoms with Crippen LogP contribution in [0.25, 0.3) is 0 Å². The minimum absolute atomic E-state index is 0.00378. The summed E-state index contributed by atoms with van der Waals surface area (Å²) in [7, 11) is -4.09. The Hall–Kier alpha value is -2.93. The molecule has 0 bridgehead atoms. The van der Waals surface area contributed by atoms with Gasteiger partial charge in [0, 0.05) is 18.0 Å². The van der Waals surface area contributed by atoms with Gasteiger partial charge in [0.2, 0.25) is 0 Å². The van der Waals surface area contributed by atoms with E-state index < -0.39 is 21.6 Å². The van der Waals surface area contributed by atoms with Crippen LogP contribution in [-0.2, 0) is 10.0 Å². The van der Waals surface area contributed by atoms with Crippen LogP contribution in [0.3, 0.4) is 0 Å². The highest BCUT2D eigenvalue weighted by Crippen LogP contribution is 2.17. The van der Waals surface area contributed by atoms with Crippen LogP contribution in [0.5, 0.6) is 0 Å². The van der Waals surface area contributed by atoms with Crippen molar-refractivity contribution in [1.29, 1.82) is 0 Å². The van der Waals surface area contributed by atoms with Crippen molar-refractivity contribution in [1.82, 2.24) is 8.54 Å². The predicted molar refractivity (Wildman–Crippen MR) is 103 cm³/mol. The Labute approximate surface area is 157 Å². The largest absolute Gasteiger partial charge is 0.349 e. The molecule has 7 heteroatoms. The topological polar surface area (TPSA) is 78.1 Å². The van der Waals surface area contributed by atoms with E-state index in [9.17, 15) is 18.0 Å². The Kier molecular flexibility index (Phi) is 4.65. The van der Waals surface area contributed by atoms with Crippen molar-refractivity contribution in [2.24, 2.45) is 0 Å². The molecule has 0 aliphatic rings. The van der Waals surface area contributed by atoms with E-state index in [0.717, 1.165) is 33.0 Å². The second kappa shape index (κ2) is 6.66. The fourth-order valence-corrected chi connectivity index (χ4v) is 4.00. The van der Waals surface area contributed by atoms with Crippen LogP contribution < -0.4 is 5.69 Å². The van der Waals surface area contributed by atoms with E-state index in [0.29, 0.717) is 9.54 Å². The average molecular weight is 384 g/mol. The van der Waals surface area contributed by atoms with Gasteiger partial charge < -0.3 is 0 Å². The Morgan fingerprint density at radius 3 is 2.00 bits per heavy atom. The van der Waals surface area contributed by atoms with Gasteiger partial charge in [0.05, 0.1) is 4.90 Å². The summed E-state index contributed by atoms with van der Waals surface area (Å²) in [5.41, 5.74) is 3.08. The zero-order chi connectivity index (χ0) is 19.9. The first-order valence-electron chi connectivity index (χ1n) is 8.37. The molecule has 0 saturated carbocycles. The molecule has 0 saturated heterocycles. The number of rotatable bonds is 3. The normalized spacial score (nSPS) is 11.6. The maximum absolute atomic E-state index is 12.8. The summed E-state index contributed by atoms with van der Waals surface area (Å²) in [6.45, 7) is 7.45. The molecule has 1 aromatic heterocycles. The summed E-state index contributed by atoms with van der Waals surface area (Å²) >= 11 is 0. The Morgan fingerprint density at radius 2 is 1.41 bits per heavy atom. The minimum atomic E-state index is -4.09. The van der Waals surface area contributed by atoms with E-state index in [-0.39, 0.29) is 4.90 Å². The second-order valence-electron chi connectivity index (χ2n) is 6.60. The van der Waals surface area contributed by atoms with Crippen LogP contribution in [0.2, 0.25) is 0 Å². The van der Waals surface area contributed by atoms with Gasteiger partial charge in [-0.1, -0.05) is 12.1 Å². The summed E-state index contributed by atoms with van der Waals surface area (Å²) in [5.74, 6) is -0.572. The lowest BCUT2D eigenvalue weighted by molar-refractivity contribution is 0.0956. The van der Waals surface area contributed by atoms with Gasteiger partial charge in [-0.3, -0.25) is 4.79 Å². The molecule has 0 atom stereocenters. The summed E-state index contributed by atoms with van der Waals surface area (Å²) in [5, 5.41) is 0. The number of benzene rings is 2. The SMILES string of the molecule is Cc1ccc(C(=O)n2ccn(S(=O)(=O)c3ccc(C)c(C)c3)c2=O)cc1C. The van der Waals surface area contributed by atoms with Crippen molar-refractivity contribution in [3.05, 3.63) is 87.1 Å². The zero-order valence-electron chi connectivity index (χ0n) is 15.6. The van der Waals surface area contributed by atoms with Crippen molar-refractivity contribution in [3.8, 4) is 0 Å². The monoisotopic (exact) mass is 384 g/mol. The van der Waals surface area contributed by atoms with Crippen molar-refractivity contribution in [2.45, 2.75) is 32.6 Å². The number of hydrogen-bond acceptors (Lipinski definition) is 4. The molecule has 0 radical (unpaired) electrons. The molecular weight excluding hydrogens is 364 g/mol. The van der Waals surface area contributed by atoms with E-state index >= 15 is 0 Å². The van der Waals surface area contributed by atoms with Crippen LogP contribution in [0, 0.1) is 27.7 Å². The van der Waals surface area contributed by atoms with Crippen molar-refractivity contribution in [3.63, 3.8) is 0 Å². The van der Waals surface area contributed by atoms with Crippen LogP contribution >= 0.6 is 0 Å². The second-order valence-corrected chi connectivity index (χ2v) is 8.42. The first-order chi connectivity index (χ1) is 12.6. The molecule has 6 nitrogen and oxygen atoms in total. The molecule has 0 unspecified atom stereocenters. The Bertz CT molecular complexity index is 1220. The van der Waals surface area contributed by atoms with Gasteiger partial charge >= 0.3 is 5.69 Å². The maximum Gasteiger partial charge on any atom is 0.349 e. The number of aromatic nitrogens is 2. The molecule has 0 N–H and O–H groups in total. The first-order valence-corrected chi connectivity index (χ1v) is 9.81. The van der Waals surface area contributed by atoms with E-state index in [2.05, 4.69) is 0 Å². The molecule has 3 rings (SSSR count). The number of carbonyl (C=O) groups excluding carboxylic acids is 1. The van der Waals surface area contributed by atoms with Crippen LogP contribution in [0.1, 0.15) is 32.6 Å². The molecular formula is C20H20N2O4S. The van der Waals surface area contributed by atoms with E-state index in [1.165, 1.54) is 18.3 Å². The van der Waals surface area contributed by atoms with E-state index in [4.69, 9.17) is 0 Å². The third-order valence-corrected chi connectivity index (χ3v) is 6.40. The van der Waals surface area contributed by atoms with E-state index in [1.807, 2.05) is 20.8 Å². The van der Waals surface area contributed by atoms with Gasteiger partial charge in [-0.05, 0) is 74.2 Å². The predicted octanol–water partition coefficient (Wildman–Crippen LogP) is 2.81. The van der Waals surface area contributed by atoms with Gasteiger partial charge in [0.15, 0.2) is 0 Å². The summed E-state index contributed by atoms with van der Waals surface area (Å²) < 4.78 is 27.1. The quantitative estimate of drug-likeness (QED) is 0.696. The van der Waals surface area contributed by atoms with Gasteiger partial charge in [-0.25, -0.2) is 17.8 Å². The molecule has 2 aromatic carbocycles. The summed E-state index contributed by atoms with van der Waals surface area (Å²) in [6, 6.07) is 9.73. The van der Waals surface area contributed by atoms with Gasteiger partial charge in [0.1, 0.15) is 0 Å². The van der Waals surface area contributed by atoms with Gasteiger partial charge in [-0.15, -0.1) is 0 Å². The molecule has 0 aliphatic carbocycles. The molecule has 1 heterocycles. The Balaban J connectivity index is 2.06. The number of aryl methyl sites for hydroxylation is 4. The minimum Gasteiger partial charge on any atom is -0.268 e. The molecule has 140 valence electrons. The highest BCUT2D eigenvalue weighted by atomic mass is 32.2. The smallest absolute Gasteiger partial charge is 0.268 e. The van der Waals surface area contributed by atoms with Crippen LogP contribution in [-0.4, -0.2) is 22.9 Å². The fourth-order valence-electron chi connectivity index (χ4n) is 2.70. The van der Waals surface area contributed by atoms with Crippen LogP contribution in [0.15, 0.2) is 58.5 Å². The zero-order valence-corrected chi connectivity index (χ0v) is 16.4. The summed E-state index contributed by atoms with van der Waals surface area (Å²) in [4.78, 5) is 25.3.